The van der Waals surface area contributed by atoms with Crippen LogP contribution in [0.1, 0.15) is 97.5 Å². The molecule has 6 rings (SSSR count). The summed E-state index contributed by atoms with van der Waals surface area (Å²) in [6, 6.07) is 27.9. The molecular weight excluding hydrogens is 691 g/mol. The number of likely N-dealkylation sites (tertiary alicyclic amines) is 1. The molecule has 1 heterocycles. The molecule has 3 N–H and O–H groups in total. The van der Waals surface area contributed by atoms with Gasteiger partial charge >= 0.3 is 0 Å². The number of carbonyl (C=O) groups is 2. The zero-order chi connectivity index (χ0) is 38.5. The molecule has 54 heavy (non-hydrogen) atoms. The second-order valence-electron chi connectivity index (χ2n) is 16.7. The third kappa shape index (κ3) is 8.08. The van der Waals surface area contributed by atoms with Gasteiger partial charge in [0.2, 0.25) is 11.8 Å². The first-order valence-electron chi connectivity index (χ1n) is 20.1. The number of hydrogen-bond acceptors (Lipinski definition) is 6. The number of imide groups is 1. The van der Waals surface area contributed by atoms with Crippen LogP contribution in [0.15, 0.2) is 102 Å². The summed E-state index contributed by atoms with van der Waals surface area (Å²) >= 11 is 0. The maximum Gasteiger partial charge on any atom is 0.261 e. The van der Waals surface area contributed by atoms with Crippen LogP contribution in [0.25, 0.3) is 6.08 Å². The van der Waals surface area contributed by atoms with Gasteiger partial charge in [0, 0.05) is 12.0 Å². The Bertz CT molecular complexity index is 1770. The average Bonchev–Trinajstić information content (AvgIpc) is 3.42. The van der Waals surface area contributed by atoms with Gasteiger partial charge in [-0.2, -0.15) is 0 Å². The molecule has 0 bridgehead atoms. The number of phenolic OH excluding ortho intramolecular Hbond substituents is 1. The van der Waals surface area contributed by atoms with Gasteiger partial charge in [0.1, 0.15) is 5.75 Å². The topological polar surface area (TPSA) is 107 Å². The highest BCUT2D eigenvalue weighted by molar-refractivity contribution is 6.99. The average molecular weight is 750 g/mol. The van der Waals surface area contributed by atoms with Gasteiger partial charge in [0.15, 0.2) is 0 Å². The van der Waals surface area contributed by atoms with Crippen molar-refractivity contribution < 1.29 is 29.3 Å². The Morgan fingerprint density at radius 2 is 1.56 bits per heavy atom. The molecule has 2 aliphatic carbocycles. The van der Waals surface area contributed by atoms with Gasteiger partial charge in [-0.15, -0.1) is 0 Å². The Kier molecular flexibility index (Phi) is 12.8. The Morgan fingerprint density at radius 1 is 0.907 bits per heavy atom. The predicted octanol–water partition coefficient (Wildman–Crippen LogP) is 7.54. The normalized spacial score (nSPS) is 22.1. The van der Waals surface area contributed by atoms with E-state index >= 15 is 0 Å². The molecule has 1 aliphatic heterocycles. The van der Waals surface area contributed by atoms with Crippen molar-refractivity contribution >= 4 is 36.6 Å². The van der Waals surface area contributed by atoms with Gasteiger partial charge < -0.3 is 19.7 Å². The van der Waals surface area contributed by atoms with E-state index in [1.807, 2.05) is 24.3 Å². The molecule has 4 atom stereocenters. The van der Waals surface area contributed by atoms with E-state index in [2.05, 4.69) is 82.3 Å². The lowest BCUT2D eigenvalue weighted by Gasteiger charge is -2.44. The minimum Gasteiger partial charge on any atom is -0.508 e. The molecule has 1 saturated carbocycles. The van der Waals surface area contributed by atoms with Gasteiger partial charge in [-0.25, -0.2) is 0 Å². The molecule has 0 aromatic heterocycles. The lowest BCUT2D eigenvalue weighted by molar-refractivity contribution is -0.143. The number of aliphatic hydroxyl groups is 2. The SMILES string of the molecule is CCC/C(=C\c1cccc(O)c1)CC[C@@H](O)C1=C(CO[Si](c2ccccc2)(c2ccccc2)C(C)(C)C)C[C@H]2C(=O)N(C3CCCCC3)C(=O)[C@H]2[C@H]1CO. The maximum atomic E-state index is 14.3. The van der Waals surface area contributed by atoms with Crippen molar-refractivity contribution in [2.75, 3.05) is 13.2 Å². The number of rotatable bonds is 14. The number of fused-ring (bicyclic) bond motifs is 1. The van der Waals surface area contributed by atoms with Crippen molar-refractivity contribution in [2.24, 2.45) is 17.8 Å². The number of allylic oxidation sites excluding steroid dienone is 1. The molecule has 3 aliphatic rings. The highest BCUT2D eigenvalue weighted by Crippen LogP contribution is 2.48. The summed E-state index contributed by atoms with van der Waals surface area (Å²) in [6.45, 7) is 8.66. The van der Waals surface area contributed by atoms with E-state index in [1.54, 1.807) is 17.0 Å². The highest BCUT2D eigenvalue weighted by atomic mass is 28.4. The minimum atomic E-state index is -3.00. The van der Waals surface area contributed by atoms with Crippen LogP contribution in [0.2, 0.25) is 5.04 Å². The summed E-state index contributed by atoms with van der Waals surface area (Å²) in [5, 5.41) is 35.5. The van der Waals surface area contributed by atoms with E-state index in [0.29, 0.717) is 24.8 Å². The fourth-order valence-electron chi connectivity index (χ4n) is 9.69. The van der Waals surface area contributed by atoms with Crippen LogP contribution in [0.4, 0.5) is 0 Å². The van der Waals surface area contributed by atoms with Gasteiger partial charge in [-0.3, -0.25) is 14.5 Å². The Hall–Kier alpha value is -3.82. The second kappa shape index (κ2) is 17.3. The van der Waals surface area contributed by atoms with Crippen molar-refractivity contribution in [3.8, 4) is 5.75 Å². The van der Waals surface area contributed by atoms with Gasteiger partial charge in [-0.05, 0) is 82.8 Å². The molecule has 3 aromatic rings. The first-order valence-corrected chi connectivity index (χ1v) is 22.0. The van der Waals surface area contributed by atoms with Crippen LogP contribution in [0.3, 0.4) is 0 Å². The third-order valence-corrected chi connectivity index (χ3v) is 17.1. The second-order valence-corrected chi connectivity index (χ2v) is 21.0. The van der Waals surface area contributed by atoms with Crippen LogP contribution in [0.5, 0.6) is 5.75 Å². The number of aromatic hydroxyl groups is 1. The van der Waals surface area contributed by atoms with Crippen molar-refractivity contribution in [1.82, 2.24) is 4.90 Å². The van der Waals surface area contributed by atoms with Gasteiger partial charge in [0.25, 0.3) is 8.32 Å². The first kappa shape index (κ1) is 39.9. The molecule has 3 aromatic carbocycles. The van der Waals surface area contributed by atoms with Gasteiger partial charge in [0.05, 0.1) is 31.2 Å². The standard InChI is InChI=1S/C46H59NO6Si/c1-5-16-32(27-33-17-15-20-36(49)28-33)25-26-41(50)42-34(29-39-43(40(42)30-48)45(52)47(44(39)51)35-18-9-6-10-19-35)31-53-54(46(2,3)4,37-21-11-7-12-22-37)38-23-13-8-14-24-38/h7-8,11-15,17,20-24,27-28,35,39-41,43,48-50H,5-6,9-10,16,18-19,25-26,29-31H2,1-4H3/b32-27+/t39-,40+,41-,43-/m1/s1. The zero-order valence-corrected chi connectivity index (χ0v) is 33.5. The molecule has 8 heteroatoms. The van der Waals surface area contributed by atoms with E-state index in [9.17, 15) is 24.9 Å². The molecule has 0 spiro atoms. The molecular formula is C46H59NO6Si. The number of aliphatic hydroxyl groups excluding tert-OH is 2. The van der Waals surface area contributed by atoms with Gasteiger partial charge in [-0.1, -0.05) is 138 Å². The van der Waals surface area contributed by atoms with Crippen molar-refractivity contribution in [3.05, 3.63) is 107 Å². The predicted molar refractivity (Wildman–Crippen MR) is 218 cm³/mol. The van der Waals surface area contributed by atoms with Crippen LogP contribution in [-0.2, 0) is 14.0 Å². The fourth-order valence-corrected chi connectivity index (χ4v) is 14.2. The number of amides is 2. The van der Waals surface area contributed by atoms with Crippen LogP contribution >= 0.6 is 0 Å². The summed E-state index contributed by atoms with van der Waals surface area (Å²) in [5.74, 6) is -2.11. The van der Waals surface area contributed by atoms with Crippen LogP contribution in [0, 0.1) is 17.8 Å². The monoisotopic (exact) mass is 749 g/mol. The van der Waals surface area contributed by atoms with Crippen molar-refractivity contribution in [1.29, 1.82) is 0 Å². The minimum absolute atomic E-state index is 0.104. The molecule has 7 nitrogen and oxygen atoms in total. The summed E-state index contributed by atoms with van der Waals surface area (Å²) in [5.41, 5.74) is 3.55. The fraction of sp³-hybridized carbons (Fsp3) is 0.478. The maximum absolute atomic E-state index is 14.3. The van der Waals surface area contributed by atoms with E-state index in [4.69, 9.17) is 4.43 Å². The summed E-state index contributed by atoms with van der Waals surface area (Å²) in [6.07, 6.45) is 8.96. The van der Waals surface area contributed by atoms with Crippen LogP contribution < -0.4 is 10.4 Å². The molecule has 0 unspecified atom stereocenters. The number of benzene rings is 3. The zero-order valence-electron chi connectivity index (χ0n) is 32.5. The lowest BCUT2D eigenvalue weighted by atomic mass is 9.68. The quantitative estimate of drug-likeness (QED) is 0.0894. The summed E-state index contributed by atoms with van der Waals surface area (Å²) < 4.78 is 7.43. The van der Waals surface area contributed by atoms with E-state index in [1.165, 1.54) is 0 Å². The Balaban J connectivity index is 1.41. The van der Waals surface area contributed by atoms with Crippen LogP contribution in [-0.4, -0.2) is 65.7 Å². The number of hydrogen-bond donors (Lipinski definition) is 3. The summed E-state index contributed by atoms with van der Waals surface area (Å²) in [7, 11) is -3.00. The lowest BCUT2D eigenvalue weighted by Crippen LogP contribution is -2.66. The third-order valence-electron chi connectivity index (χ3n) is 12.1. The number of phenols is 1. The van der Waals surface area contributed by atoms with E-state index < -0.39 is 32.2 Å². The Labute approximate surface area is 322 Å². The summed E-state index contributed by atoms with van der Waals surface area (Å²) in [4.78, 5) is 30.2. The molecule has 1 saturated heterocycles. The molecule has 288 valence electrons. The first-order chi connectivity index (χ1) is 26.0. The van der Waals surface area contributed by atoms with Crippen molar-refractivity contribution in [3.63, 3.8) is 0 Å². The smallest absolute Gasteiger partial charge is 0.261 e. The highest BCUT2D eigenvalue weighted by Gasteiger charge is 2.57. The molecule has 2 amide bonds. The largest absolute Gasteiger partial charge is 0.508 e. The van der Waals surface area contributed by atoms with E-state index in [0.717, 1.165) is 72.0 Å². The molecule has 0 radical (unpaired) electrons. The number of nitrogens with zero attached hydrogens (tertiary/aromatic N) is 1. The molecule has 2 fully saturated rings. The van der Waals surface area contributed by atoms with E-state index in [-0.39, 0.29) is 41.9 Å². The number of carbonyl (C=O) groups excluding carboxylic acids is 2. The Morgan fingerprint density at radius 3 is 2.13 bits per heavy atom. The van der Waals surface area contributed by atoms with Crippen molar-refractivity contribution in [2.45, 2.75) is 109 Å².